The number of hydrogen-bond donors (Lipinski definition) is 3. The molecule has 33 heavy (non-hydrogen) atoms. The Labute approximate surface area is 194 Å². The van der Waals surface area contributed by atoms with E-state index in [0.717, 1.165) is 49.3 Å². The number of carbonyl (C=O) groups is 1. The number of hydrogen-bond acceptors (Lipinski definition) is 7. The predicted octanol–water partition coefficient (Wildman–Crippen LogP) is 2.53. The maximum Gasteiger partial charge on any atom is 0.252 e. The van der Waals surface area contributed by atoms with Gasteiger partial charge in [-0.3, -0.25) is 4.79 Å². The number of aryl methyl sites for hydroxylation is 1. The van der Waals surface area contributed by atoms with Crippen LogP contribution in [0.5, 0.6) is 5.75 Å². The van der Waals surface area contributed by atoms with Crippen molar-refractivity contribution in [3.05, 3.63) is 30.1 Å². The first-order valence-corrected chi connectivity index (χ1v) is 11.3. The van der Waals surface area contributed by atoms with E-state index in [-0.39, 0.29) is 11.3 Å². The highest BCUT2D eigenvalue weighted by Crippen LogP contribution is 2.41. The average Bonchev–Trinajstić information content (AvgIpc) is 3.47. The van der Waals surface area contributed by atoms with Crippen molar-refractivity contribution in [1.29, 1.82) is 0 Å². The topological polar surface area (TPSA) is 129 Å². The summed E-state index contributed by atoms with van der Waals surface area (Å²) in [4.78, 5) is 21.3. The van der Waals surface area contributed by atoms with Gasteiger partial charge < -0.3 is 36.3 Å². The van der Waals surface area contributed by atoms with Gasteiger partial charge in [-0.2, -0.15) is 0 Å². The number of methoxy groups -OCH3 is 1. The van der Waals surface area contributed by atoms with Crippen molar-refractivity contribution in [2.24, 2.45) is 5.73 Å². The number of benzene rings is 2. The van der Waals surface area contributed by atoms with E-state index in [1.54, 1.807) is 13.4 Å². The fourth-order valence-corrected chi connectivity index (χ4v) is 4.64. The molecular formula is C24H33N7O2. The Bertz CT molecular complexity index is 1180. The Morgan fingerprint density at radius 3 is 2.55 bits per heavy atom. The summed E-state index contributed by atoms with van der Waals surface area (Å²) in [7, 11) is 3.58. The molecule has 1 aliphatic rings. The van der Waals surface area contributed by atoms with Crippen molar-refractivity contribution in [2.75, 3.05) is 56.7 Å². The third-order valence-corrected chi connectivity index (χ3v) is 6.54. The largest absolute Gasteiger partial charge is 0.494 e. The number of imidazole rings is 1. The summed E-state index contributed by atoms with van der Waals surface area (Å²) in [5.74, 6) is 0.103. The van der Waals surface area contributed by atoms with Crippen LogP contribution in [-0.4, -0.2) is 60.7 Å². The van der Waals surface area contributed by atoms with Crippen LogP contribution in [0.2, 0.25) is 0 Å². The zero-order valence-electron chi connectivity index (χ0n) is 19.6. The number of primary amides is 1. The Kier molecular flexibility index (Phi) is 6.33. The minimum absolute atomic E-state index is 0.196. The maximum atomic E-state index is 12.3. The predicted molar refractivity (Wildman–Crippen MR) is 134 cm³/mol. The maximum absolute atomic E-state index is 12.3. The van der Waals surface area contributed by atoms with Crippen molar-refractivity contribution >= 4 is 34.0 Å². The van der Waals surface area contributed by atoms with Crippen LogP contribution in [-0.2, 0) is 6.54 Å². The summed E-state index contributed by atoms with van der Waals surface area (Å²) < 4.78 is 7.70. The lowest BCUT2D eigenvalue weighted by Gasteiger charge is -2.27. The number of nitrogen functional groups attached to an aromatic ring is 2. The highest BCUT2D eigenvalue weighted by atomic mass is 16.5. The van der Waals surface area contributed by atoms with Gasteiger partial charge in [0.25, 0.3) is 5.91 Å². The van der Waals surface area contributed by atoms with Crippen molar-refractivity contribution in [3.63, 3.8) is 0 Å². The lowest BCUT2D eigenvalue weighted by molar-refractivity contribution is 0.100. The van der Waals surface area contributed by atoms with E-state index >= 15 is 0 Å². The fraction of sp³-hybridized carbons (Fsp3) is 0.417. The van der Waals surface area contributed by atoms with Gasteiger partial charge in [0.05, 0.1) is 41.6 Å². The molecule has 9 heteroatoms. The second-order valence-corrected chi connectivity index (χ2v) is 8.56. The molecule has 0 radical (unpaired) electrons. The average molecular weight is 452 g/mol. The monoisotopic (exact) mass is 451 g/mol. The number of likely N-dealkylation sites (N-methyl/N-ethyl adjacent to an activating group) is 1. The standard InChI is InChI=1S/C24H33N7O2/c1-4-31-14-28-17-11-15(12-19(33-3)23(17)31)16-13-18(20(24(27)32)22(26)21(16)25)29(2)9-10-30-7-5-6-8-30/h11-14H,4-10,25-26H2,1-3H3,(H2,27,32). The van der Waals surface area contributed by atoms with Crippen LogP contribution in [0.15, 0.2) is 24.5 Å². The first-order valence-electron chi connectivity index (χ1n) is 11.3. The fourth-order valence-electron chi connectivity index (χ4n) is 4.64. The number of fused-ring (bicyclic) bond motifs is 1. The molecule has 1 fully saturated rings. The lowest BCUT2D eigenvalue weighted by Crippen LogP contribution is -2.33. The summed E-state index contributed by atoms with van der Waals surface area (Å²) in [5.41, 5.74) is 23.2. The lowest BCUT2D eigenvalue weighted by atomic mass is 9.96. The van der Waals surface area contributed by atoms with Crippen LogP contribution in [0.4, 0.5) is 17.1 Å². The van der Waals surface area contributed by atoms with Crippen molar-refractivity contribution in [1.82, 2.24) is 14.5 Å². The number of likely N-dealkylation sites (tertiary alicyclic amines) is 1. The molecule has 176 valence electrons. The van der Waals surface area contributed by atoms with Gasteiger partial charge >= 0.3 is 0 Å². The van der Waals surface area contributed by atoms with Crippen LogP contribution in [0.25, 0.3) is 22.2 Å². The summed E-state index contributed by atoms with van der Waals surface area (Å²) in [6.45, 7) is 6.70. The number of anilines is 3. The molecule has 0 aliphatic carbocycles. The van der Waals surface area contributed by atoms with E-state index in [1.807, 2.05) is 34.7 Å². The summed E-state index contributed by atoms with van der Waals surface area (Å²) >= 11 is 0. The molecule has 0 bridgehead atoms. The number of aromatic nitrogens is 2. The SMILES string of the molecule is CCn1cnc2cc(-c3cc(N(C)CCN4CCCC4)c(C(N)=O)c(N)c3N)cc(OC)c21. The van der Waals surface area contributed by atoms with Crippen molar-refractivity contribution in [2.45, 2.75) is 26.3 Å². The van der Waals surface area contributed by atoms with E-state index in [4.69, 9.17) is 21.9 Å². The molecule has 1 amide bonds. The quantitative estimate of drug-likeness (QED) is 0.449. The van der Waals surface area contributed by atoms with E-state index in [9.17, 15) is 4.79 Å². The zero-order chi connectivity index (χ0) is 23.7. The summed E-state index contributed by atoms with van der Waals surface area (Å²) in [5, 5.41) is 0. The molecule has 0 atom stereocenters. The Morgan fingerprint density at radius 1 is 1.18 bits per heavy atom. The van der Waals surface area contributed by atoms with Gasteiger partial charge in [-0.1, -0.05) is 0 Å². The highest BCUT2D eigenvalue weighted by Gasteiger charge is 2.23. The molecule has 0 saturated carbocycles. The molecule has 1 saturated heterocycles. The first-order chi connectivity index (χ1) is 15.8. The molecule has 2 aromatic carbocycles. The number of ether oxygens (including phenoxy) is 1. The molecule has 9 nitrogen and oxygen atoms in total. The second kappa shape index (κ2) is 9.19. The summed E-state index contributed by atoms with van der Waals surface area (Å²) in [6, 6.07) is 5.79. The van der Waals surface area contributed by atoms with Crippen molar-refractivity contribution < 1.29 is 9.53 Å². The Hall–Kier alpha value is -3.46. The number of nitrogens with two attached hydrogens (primary N) is 3. The normalized spacial score (nSPS) is 14.2. The second-order valence-electron chi connectivity index (χ2n) is 8.56. The van der Waals surface area contributed by atoms with Gasteiger partial charge in [-0.15, -0.1) is 0 Å². The molecule has 6 N–H and O–H groups in total. The van der Waals surface area contributed by atoms with Gasteiger partial charge in [0.2, 0.25) is 0 Å². The van der Waals surface area contributed by atoms with Gasteiger partial charge in [-0.05, 0) is 56.6 Å². The molecule has 1 aliphatic heterocycles. The third-order valence-electron chi connectivity index (χ3n) is 6.54. The molecule has 3 aromatic rings. The number of rotatable bonds is 8. The molecule has 1 aromatic heterocycles. The van der Waals surface area contributed by atoms with Gasteiger partial charge in [0, 0.05) is 32.2 Å². The Morgan fingerprint density at radius 2 is 1.91 bits per heavy atom. The number of carbonyl (C=O) groups excluding carboxylic acids is 1. The van der Waals surface area contributed by atoms with Gasteiger partial charge in [0.1, 0.15) is 11.3 Å². The van der Waals surface area contributed by atoms with E-state index < -0.39 is 5.91 Å². The molecule has 0 unspecified atom stereocenters. The van der Waals surface area contributed by atoms with Crippen molar-refractivity contribution in [3.8, 4) is 16.9 Å². The Balaban J connectivity index is 1.81. The van der Waals surface area contributed by atoms with Crippen LogP contribution in [0.1, 0.15) is 30.1 Å². The highest BCUT2D eigenvalue weighted by molar-refractivity contribution is 6.09. The third kappa shape index (κ3) is 4.16. The van der Waals surface area contributed by atoms with Crippen LogP contribution < -0.4 is 26.8 Å². The number of amides is 1. The molecule has 4 rings (SSSR count). The van der Waals surface area contributed by atoms with Crippen LogP contribution in [0.3, 0.4) is 0 Å². The van der Waals surface area contributed by atoms with E-state index in [2.05, 4.69) is 16.8 Å². The van der Waals surface area contributed by atoms with E-state index in [0.29, 0.717) is 22.7 Å². The summed E-state index contributed by atoms with van der Waals surface area (Å²) in [6.07, 6.45) is 4.25. The minimum Gasteiger partial charge on any atom is -0.494 e. The number of nitrogens with zero attached hydrogens (tertiary/aromatic N) is 4. The zero-order valence-corrected chi connectivity index (χ0v) is 19.6. The smallest absolute Gasteiger partial charge is 0.252 e. The molecule has 2 heterocycles. The van der Waals surface area contributed by atoms with Gasteiger partial charge in [-0.25, -0.2) is 4.98 Å². The minimum atomic E-state index is -0.594. The van der Waals surface area contributed by atoms with Gasteiger partial charge in [0.15, 0.2) is 0 Å². The first kappa shape index (κ1) is 22.7. The molecule has 0 spiro atoms. The van der Waals surface area contributed by atoms with Crippen LogP contribution in [0, 0.1) is 0 Å². The van der Waals surface area contributed by atoms with Crippen LogP contribution >= 0.6 is 0 Å². The molecular weight excluding hydrogens is 418 g/mol. The van der Waals surface area contributed by atoms with E-state index in [1.165, 1.54) is 12.8 Å².